The molecule has 1 aliphatic rings. The monoisotopic (exact) mass is 297 g/mol. The maximum absolute atomic E-state index is 12.3. The molecular formula is C13H13Cl2N3O. The summed E-state index contributed by atoms with van der Waals surface area (Å²) >= 11 is 11.9. The number of aromatic nitrogens is 1. The molecule has 100 valence electrons. The molecule has 1 unspecified atom stereocenters. The number of hydrogen-bond acceptors (Lipinski definition) is 2. The maximum atomic E-state index is 12.3. The average Bonchev–Trinajstić information content (AvgIpc) is 2.95. The van der Waals surface area contributed by atoms with Gasteiger partial charge in [-0.15, -0.1) is 0 Å². The number of nitrogens with one attached hydrogen (secondary N) is 1. The van der Waals surface area contributed by atoms with Crippen molar-refractivity contribution in [3.8, 4) is 0 Å². The van der Waals surface area contributed by atoms with E-state index < -0.39 is 0 Å². The summed E-state index contributed by atoms with van der Waals surface area (Å²) in [6.45, 7) is 1.31. The fourth-order valence-corrected chi connectivity index (χ4v) is 2.72. The number of hydrogen-bond donors (Lipinski definition) is 2. The Labute approximate surface area is 120 Å². The van der Waals surface area contributed by atoms with Gasteiger partial charge in [-0.25, -0.2) is 0 Å². The highest BCUT2D eigenvalue weighted by molar-refractivity contribution is 6.42. The van der Waals surface area contributed by atoms with Gasteiger partial charge < -0.3 is 15.6 Å². The van der Waals surface area contributed by atoms with E-state index in [0.29, 0.717) is 28.8 Å². The number of nitrogens with zero attached hydrogens (tertiary/aromatic N) is 1. The quantitative estimate of drug-likeness (QED) is 0.850. The van der Waals surface area contributed by atoms with Crippen molar-refractivity contribution < 1.29 is 4.79 Å². The maximum Gasteiger partial charge on any atom is 0.270 e. The van der Waals surface area contributed by atoms with Crippen molar-refractivity contribution in [2.45, 2.75) is 12.5 Å². The second-order valence-corrected chi connectivity index (χ2v) is 5.65. The van der Waals surface area contributed by atoms with Gasteiger partial charge in [-0.3, -0.25) is 4.79 Å². The zero-order valence-corrected chi connectivity index (χ0v) is 11.6. The number of amides is 1. The summed E-state index contributed by atoms with van der Waals surface area (Å²) in [5.41, 5.74) is 7.17. The molecule has 19 heavy (non-hydrogen) atoms. The van der Waals surface area contributed by atoms with Gasteiger partial charge in [0.1, 0.15) is 5.69 Å². The van der Waals surface area contributed by atoms with Crippen molar-refractivity contribution in [1.82, 2.24) is 9.88 Å². The van der Waals surface area contributed by atoms with Gasteiger partial charge in [-0.2, -0.15) is 0 Å². The van der Waals surface area contributed by atoms with Crippen LogP contribution in [0, 0.1) is 0 Å². The van der Waals surface area contributed by atoms with Crippen molar-refractivity contribution >= 4 is 40.0 Å². The minimum absolute atomic E-state index is 0.0311. The number of fused-ring (bicyclic) bond motifs is 1. The van der Waals surface area contributed by atoms with Crippen LogP contribution >= 0.6 is 23.2 Å². The molecule has 3 rings (SSSR count). The highest BCUT2D eigenvalue weighted by atomic mass is 35.5. The van der Waals surface area contributed by atoms with E-state index in [1.807, 2.05) is 0 Å². The molecular weight excluding hydrogens is 285 g/mol. The average molecular weight is 298 g/mol. The third-order valence-corrected chi connectivity index (χ3v) is 4.13. The molecule has 3 N–H and O–H groups in total. The highest BCUT2D eigenvalue weighted by Crippen LogP contribution is 2.28. The summed E-state index contributed by atoms with van der Waals surface area (Å²) in [5.74, 6) is -0.0311. The van der Waals surface area contributed by atoms with Gasteiger partial charge in [0.05, 0.1) is 10.0 Å². The van der Waals surface area contributed by atoms with E-state index in [-0.39, 0.29) is 11.9 Å². The van der Waals surface area contributed by atoms with Gasteiger partial charge in [0, 0.05) is 30.0 Å². The lowest BCUT2D eigenvalue weighted by molar-refractivity contribution is 0.0786. The van der Waals surface area contributed by atoms with E-state index in [1.165, 1.54) is 0 Å². The van der Waals surface area contributed by atoms with Crippen molar-refractivity contribution in [1.29, 1.82) is 0 Å². The molecule has 1 fully saturated rings. The largest absolute Gasteiger partial charge is 0.350 e. The van der Waals surface area contributed by atoms with E-state index in [4.69, 9.17) is 28.9 Å². The number of H-pyrrole nitrogens is 1. The third-order valence-electron chi connectivity index (χ3n) is 3.40. The number of aromatic amines is 1. The number of rotatable bonds is 1. The smallest absolute Gasteiger partial charge is 0.270 e. The Bertz CT molecular complexity index is 614. The molecule has 1 atom stereocenters. The summed E-state index contributed by atoms with van der Waals surface area (Å²) in [4.78, 5) is 17.1. The molecule has 1 amide bonds. The van der Waals surface area contributed by atoms with Crippen molar-refractivity contribution in [3.05, 3.63) is 33.9 Å². The first-order chi connectivity index (χ1) is 9.04. The summed E-state index contributed by atoms with van der Waals surface area (Å²) in [5, 5.41) is 1.83. The molecule has 0 spiro atoms. The summed E-state index contributed by atoms with van der Waals surface area (Å²) in [7, 11) is 0. The van der Waals surface area contributed by atoms with Crippen LogP contribution < -0.4 is 5.73 Å². The fourth-order valence-electron chi connectivity index (χ4n) is 2.38. The van der Waals surface area contributed by atoms with E-state index in [9.17, 15) is 4.79 Å². The Morgan fingerprint density at radius 2 is 2.05 bits per heavy atom. The van der Waals surface area contributed by atoms with E-state index >= 15 is 0 Å². The van der Waals surface area contributed by atoms with Crippen LogP contribution in [0.4, 0.5) is 0 Å². The van der Waals surface area contributed by atoms with Crippen LogP contribution in [0.5, 0.6) is 0 Å². The topological polar surface area (TPSA) is 62.1 Å². The minimum Gasteiger partial charge on any atom is -0.350 e. The van der Waals surface area contributed by atoms with Gasteiger partial charge in [0.15, 0.2) is 0 Å². The Balaban J connectivity index is 1.95. The normalized spacial score (nSPS) is 19.3. The first-order valence-electron chi connectivity index (χ1n) is 6.07. The number of benzene rings is 1. The van der Waals surface area contributed by atoms with Crippen molar-refractivity contribution in [2.24, 2.45) is 5.73 Å². The fraction of sp³-hybridized carbons (Fsp3) is 0.308. The van der Waals surface area contributed by atoms with Gasteiger partial charge in [0.2, 0.25) is 0 Å². The van der Waals surface area contributed by atoms with E-state index in [1.54, 1.807) is 23.1 Å². The lowest BCUT2D eigenvalue weighted by Crippen LogP contribution is -2.32. The number of likely N-dealkylation sites (tertiary alicyclic amines) is 1. The molecule has 4 nitrogen and oxygen atoms in total. The molecule has 6 heteroatoms. The molecule has 1 aromatic carbocycles. The summed E-state index contributed by atoms with van der Waals surface area (Å²) in [6.07, 6.45) is 0.851. The Morgan fingerprint density at radius 3 is 2.74 bits per heavy atom. The summed E-state index contributed by atoms with van der Waals surface area (Å²) in [6, 6.07) is 5.36. The van der Waals surface area contributed by atoms with E-state index in [2.05, 4.69) is 4.98 Å². The number of carbonyl (C=O) groups excluding carboxylic acids is 1. The van der Waals surface area contributed by atoms with Crippen LogP contribution in [-0.2, 0) is 0 Å². The highest BCUT2D eigenvalue weighted by Gasteiger charge is 2.25. The van der Waals surface area contributed by atoms with Crippen LogP contribution in [0.1, 0.15) is 16.9 Å². The predicted octanol–water partition coefficient (Wildman–Crippen LogP) is 2.65. The van der Waals surface area contributed by atoms with Gasteiger partial charge in [0.25, 0.3) is 5.91 Å². The van der Waals surface area contributed by atoms with Crippen LogP contribution in [0.15, 0.2) is 18.2 Å². The zero-order chi connectivity index (χ0) is 13.6. The molecule has 2 aromatic rings. The first-order valence-corrected chi connectivity index (χ1v) is 6.83. The Kier molecular flexibility index (Phi) is 3.17. The second-order valence-electron chi connectivity index (χ2n) is 4.84. The molecule has 0 radical (unpaired) electrons. The predicted molar refractivity (Wildman–Crippen MR) is 76.8 cm³/mol. The molecule has 0 aliphatic carbocycles. The van der Waals surface area contributed by atoms with Crippen LogP contribution in [0.3, 0.4) is 0 Å². The number of nitrogens with two attached hydrogens (primary N) is 1. The van der Waals surface area contributed by atoms with Gasteiger partial charge in [-0.05, 0) is 24.6 Å². The molecule has 1 saturated heterocycles. The van der Waals surface area contributed by atoms with Crippen LogP contribution in [-0.4, -0.2) is 34.9 Å². The second kappa shape index (κ2) is 4.71. The molecule has 2 heterocycles. The molecule has 0 saturated carbocycles. The van der Waals surface area contributed by atoms with Crippen LogP contribution in [0.2, 0.25) is 10.0 Å². The Morgan fingerprint density at radius 1 is 1.32 bits per heavy atom. The minimum atomic E-state index is -0.0311. The molecule has 1 aromatic heterocycles. The van der Waals surface area contributed by atoms with Gasteiger partial charge >= 0.3 is 0 Å². The first kappa shape index (κ1) is 12.8. The SMILES string of the molecule is NC1CCN(C(=O)c2cc3cc(Cl)c(Cl)cc3[nH]2)C1. The van der Waals surface area contributed by atoms with Crippen molar-refractivity contribution in [3.63, 3.8) is 0 Å². The van der Waals surface area contributed by atoms with Crippen LogP contribution in [0.25, 0.3) is 10.9 Å². The zero-order valence-electron chi connectivity index (χ0n) is 10.1. The van der Waals surface area contributed by atoms with Gasteiger partial charge in [-0.1, -0.05) is 23.2 Å². The number of halogens is 2. The molecule has 0 bridgehead atoms. The lowest BCUT2D eigenvalue weighted by atomic mass is 10.2. The number of carbonyl (C=O) groups is 1. The Hall–Kier alpha value is -1.23. The third kappa shape index (κ3) is 2.31. The lowest BCUT2D eigenvalue weighted by Gasteiger charge is -2.14. The van der Waals surface area contributed by atoms with E-state index in [0.717, 1.165) is 17.3 Å². The standard InChI is InChI=1S/C13H13Cl2N3O/c14-9-3-7-4-12(17-11(7)5-10(9)15)13(19)18-2-1-8(16)6-18/h3-5,8,17H,1-2,6,16H2. The molecule has 1 aliphatic heterocycles. The summed E-state index contributed by atoms with van der Waals surface area (Å²) < 4.78 is 0. The van der Waals surface area contributed by atoms with Crippen molar-refractivity contribution in [2.75, 3.05) is 13.1 Å².